The second-order valence-corrected chi connectivity index (χ2v) is 6.10. The molecule has 1 amide bonds. The third kappa shape index (κ3) is 3.61. The van der Waals surface area contributed by atoms with E-state index < -0.39 is 5.91 Å². The number of benzene rings is 2. The van der Waals surface area contributed by atoms with Gasteiger partial charge in [0.2, 0.25) is 0 Å². The molecule has 0 spiro atoms. The number of nitrogens with zero attached hydrogens (tertiary/aromatic N) is 1. The van der Waals surface area contributed by atoms with E-state index in [2.05, 4.69) is 10.4 Å². The molecule has 0 fully saturated rings. The number of hydrogen-bond acceptors (Lipinski definition) is 4. The molecule has 1 heterocycles. The molecule has 25 heavy (non-hydrogen) atoms. The van der Waals surface area contributed by atoms with Crippen LogP contribution in [-0.4, -0.2) is 22.2 Å². The zero-order valence-corrected chi connectivity index (χ0v) is 14.6. The fourth-order valence-electron chi connectivity index (χ4n) is 2.53. The minimum Gasteiger partial charge on any atom is -0.483 e. The average Bonchev–Trinajstić information content (AvgIpc) is 2.58. The van der Waals surface area contributed by atoms with Gasteiger partial charge in [-0.1, -0.05) is 29.8 Å². The highest BCUT2D eigenvalue weighted by Crippen LogP contribution is 2.18. The highest BCUT2D eigenvalue weighted by Gasteiger charge is 2.10. The molecular formula is C18H17N3O3S. The topological polar surface area (TPSA) is 76.1 Å². The van der Waals surface area contributed by atoms with Crippen LogP contribution >= 0.6 is 12.2 Å². The Balaban J connectivity index is 1.78. The number of H-pyrrole nitrogens is 1. The molecule has 2 N–H and O–H groups in total. The Morgan fingerprint density at radius 1 is 1.24 bits per heavy atom. The smallest absolute Gasteiger partial charge is 0.281 e. The van der Waals surface area contributed by atoms with Gasteiger partial charge in [-0.15, -0.1) is 0 Å². The summed E-state index contributed by atoms with van der Waals surface area (Å²) in [7, 11) is 0. The molecule has 0 aliphatic heterocycles. The number of nitrogens with one attached hydrogen (secondary N) is 2. The third-order valence-electron chi connectivity index (χ3n) is 3.73. The molecule has 0 aliphatic carbocycles. The molecule has 3 rings (SSSR count). The number of carbonyl (C=O) groups excluding carboxylic acids is 1. The highest BCUT2D eigenvalue weighted by molar-refractivity contribution is 7.71. The molecule has 2 aromatic carbocycles. The maximum absolute atomic E-state index is 12.5. The maximum atomic E-state index is 12.5. The number of carbonyl (C=O) groups is 1. The Labute approximate surface area is 149 Å². The van der Waals surface area contributed by atoms with Crippen LogP contribution in [0.15, 0.2) is 47.3 Å². The number of amides is 1. The molecule has 0 radical (unpaired) electrons. The SMILES string of the molecule is Cc1ccc(OCC(=O)Nn2c(=S)[nH]c3ccccc3c2=O)c(C)c1. The minimum atomic E-state index is -0.475. The molecular weight excluding hydrogens is 338 g/mol. The standard InChI is InChI=1S/C18H17N3O3S/c1-11-7-8-15(12(2)9-11)24-10-16(22)20-21-17(23)13-5-3-4-6-14(13)19-18(21)25/h3-9H,10H2,1-2H3,(H,19,25)(H,20,22). The van der Waals surface area contributed by atoms with Crippen LogP contribution < -0.4 is 15.7 Å². The van der Waals surface area contributed by atoms with Crippen LogP contribution in [0, 0.1) is 18.6 Å². The number of fused-ring (bicyclic) bond motifs is 1. The molecule has 0 saturated heterocycles. The van der Waals surface area contributed by atoms with Crippen molar-refractivity contribution in [3.63, 3.8) is 0 Å². The van der Waals surface area contributed by atoms with Crippen LogP contribution in [0.1, 0.15) is 11.1 Å². The summed E-state index contributed by atoms with van der Waals surface area (Å²) in [5.74, 6) is 0.147. The molecule has 128 valence electrons. The summed E-state index contributed by atoms with van der Waals surface area (Å²) in [6.07, 6.45) is 0. The minimum absolute atomic E-state index is 0.114. The van der Waals surface area contributed by atoms with Gasteiger partial charge in [-0.05, 0) is 49.8 Å². The molecule has 7 heteroatoms. The average molecular weight is 355 g/mol. The quantitative estimate of drug-likeness (QED) is 0.706. The molecule has 0 saturated carbocycles. The molecule has 0 bridgehead atoms. The predicted molar refractivity (Wildman–Crippen MR) is 99.2 cm³/mol. The van der Waals surface area contributed by atoms with Crippen molar-refractivity contribution in [2.45, 2.75) is 13.8 Å². The van der Waals surface area contributed by atoms with E-state index in [1.54, 1.807) is 24.3 Å². The van der Waals surface area contributed by atoms with Crippen molar-refractivity contribution >= 4 is 29.0 Å². The molecule has 0 aliphatic rings. The zero-order valence-electron chi connectivity index (χ0n) is 13.8. The lowest BCUT2D eigenvalue weighted by Crippen LogP contribution is -2.36. The van der Waals surface area contributed by atoms with E-state index in [4.69, 9.17) is 17.0 Å². The van der Waals surface area contributed by atoms with Crippen LogP contribution in [-0.2, 0) is 4.79 Å². The second-order valence-electron chi connectivity index (χ2n) is 5.71. The Morgan fingerprint density at radius 3 is 2.76 bits per heavy atom. The Hall–Kier alpha value is -2.93. The number of aromatic amines is 1. The number of para-hydroxylation sites is 1. The summed E-state index contributed by atoms with van der Waals surface area (Å²) < 4.78 is 6.65. The van der Waals surface area contributed by atoms with Crippen LogP contribution in [0.25, 0.3) is 10.9 Å². The first-order chi connectivity index (χ1) is 12.0. The van der Waals surface area contributed by atoms with Gasteiger partial charge < -0.3 is 9.72 Å². The van der Waals surface area contributed by atoms with E-state index >= 15 is 0 Å². The Morgan fingerprint density at radius 2 is 2.00 bits per heavy atom. The van der Waals surface area contributed by atoms with Crippen LogP contribution in [0.3, 0.4) is 0 Å². The van der Waals surface area contributed by atoms with Gasteiger partial charge in [-0.25, -0.2) is 0 Å². The van der Waals surface area contributed by atoms with Crippen LogP contribution in [0.2, 0.25) is 0 Å². The fourth-order valence-corrected chi connectivity index (χ4v) is 2.76. The number of rotatable bonds is 4. The molecule has 0 unspecified atom stereocenters. The van der Waals surface area contributed by atoms with Gasteiger partial charge in [0.15, 0.2) is 11.4 Å². The molecule has 1 aromatic heterocycles. The monoisotopic (exact) mass is 355 g/mol. The van der Waals surface area contributed by atoms with E-state index in [-0.39, 0.29) is 16.9 Å². The van der Waals surface area contributed by atoms with Crippen molar-refractivity contribution in [2.24, 2.45) is 0 Å². The first-order valence-electron chi connectivity index (χ1n) is 7.69. The number of ether oxygens (including phenoxy) is 1. The first-order valence-corrected chi connectivity index (χ1v) is 8.10. The van der Waals surface area contributed by atoms with E-state index in [0.717, 1.165) is 15.8 Å². The third-order valence-corrected chi connectivity index (χ3v) is 4.02. The van der Waals surface area contributed by atoms with Crippen molar-refractivity contribution in [1.82, 2.24) is 9.66 Å². The van der Waals surface area contributed by atoms with Crippen molar-refractivity contribution in [2.75, 3.05) is 12.0 Å². The molecule has 3 aromatic rings. The van der Waals surface area contributed by atoms with Crippen LogP contribution in [0.4, 0.5) is 0 Å². The van der Waals surface area contributed by atoms with Crippen molar-refractivity contribution < 1.29 is 9.53 Å². The lowest BCUT2D eigenvalue weighted by atomic mass is 10.1. The number of aryl methyl sites for hydroxylation is 2. The summed E-state index contributed by atoms with van der Waals surface area (Å²) in [5, 5.41) is 0.437. The first kappa shape index (κ1) is 16.9. The number of hydrogen-bond donors (Lipinski definition) is 2. The van der Waals surface area contributed by atoms with Crippen molar-refractivity contribution in [3.05, 3.63) is 68.7 Å². The van der Waals surface area contributed by atoms with Gasteiger partial charge >= 0.3 is 0 Å². The molecule has 6 nitrogen and oxygen atoms in total. The Kier molecular flexibility index (Phi) is 4.67. The Bertz CT molecular complexity index is 1070. The molecule has 0 atom stereocenters. The van der Waals surface area contributed by atoms with E-state index in [9.17, 15) is 9.59 Å². The van der Waals surface area contributed by atoms with E-state index in [0.29, 0.717) is 16.7 Å². The zero-order chi connectivity index (χ0) is 18.0. The van der Waals surface area contributed by atoms with Crippen molar-refractivity contribution in [3.8, 4) is 5.75 Å². The van der Waals surface area contributed by atoms with Gasteiger partial charge in [0.25, 0.3) is 11.5 Å². The summed E-state index contributed by atoms with van der Waals surface area (Å²) in [5.41, 5.74) is 4.76. The van der Waals surface area contributed by atoms with Gasteiger partial charge in [-0.3, -0.25) is 15.0 Å². The van der Waals surface area contributed by atoms with Gasteiger partial charge in [0, 0.05) is 0 Å². The largest absolute Gasteiger partial charge is 0.483 e. The predicted octanol–water partition coefficient (Wildman–Crippen LogP) is 2.83. The summed E-state index contributed by atoms with van der Waals surface area (Å²) in [6, 6.07) is 12.7. The van der Waals surface area contributed by atoms with E-state index in [1.807, 2.05) is 32.0 Å². The van der Waals surface area contributed by atoms with Crippen LogP contribution in [0.5, 0.6) is 5.75 Å². The highest BCUT2D eigenvalue weighted by atomic mass is 32.1. The lowest BCUT2D eigenvalue weighted by molar-refractivity contribution is -0.119. The summed E-state index contributed by atoms with van der Waals surface area (Å²) in [4.78, 5) is 27.5. The maximum Gasteiger partial charge on any atom is 0.281 e. The summed E-state index contributed by atoms with van der Waals surface area (Å²) in [6.45, 7) is 3.67. The lowest BCUT2D eigenvalue weighted by Gasteiger charge is -2.12. The summed E-state index contributed by atoms with van der Waals surface area (Å²) >= 11 is 5.15. The van der Waals surface area contributed by atoms with E-state index in [1.165, 1.54) is 0 Å². The van der Waals surface area contributed by atoms with Gasteiger partial charge in [-0.2, -0.15) is 4.68 Å². The van der Waals surface area contributed by atoms with Gasteiger partial charge in [0.1, 0.15) is 5.75 Å². The second kappa shape index (κ2) is 6.90. The van der Waals surface area contributed by atoms with Gasteiger partial charge in [0.05, 0.1) is 10.9 Å². The van der Waals surface area contributed by atoms with Crippen molar-refractivity contribution in [1.29, 1.82) is 0 Å². The normalized spacial score (nSPS) is 10.6. The number of aromatic nitrogens is 2. The fraction of sp³-hybridized carbons (Fsp3) is 0.167.